The van der Waals surface area contributed by atoms with Gasteiger partial charge in [0.1, 0.15) is 18.3 Å². The van der Waals surface area contributed by atoms with E-state index >= 15 is 0 Å². The lowest BCUT2D eigenvalue weighted by molar-refractivity contribution is -0.985. The van der Waals surface area contributed by atoms with Crippen molar-refractivity contribution in [2.45, 2.75) is 44.3 Å². The molecule has 3 aromatic carbocycles. The predicted molar refractivity (Wildman–Crippen MR) is 161 cm³/mol. The number of aliphatic hydroxyl groups excluding tert-OH is 1. The van der Waals surface area contributed by atoms with Gasteiger partial charge in [-0.25, -0.2) is 10.1 Å². The van der Waals surface area contributed by atoms with Crippen molar-refractivity contribution >= 4 is 11.9 Å². The van der Waals surface area contributed by atoms with Crippen LogP contribution in [0.25, 0.3) is 0 Å². The summed E-state index contributed by atoms with van der Waals surface area (Å²) in [5.41, 5.74) is 3.05. The molecule has 0 spiro atoms. The third kappa shape index (κ3) is 6.34. The fourth-order valence-electron chi connectivity index (χ4n) is 6.43. The molecule has 0 bridgehead atoms. The summed E-state index contributed by atoms with van der Waals surface area (Å²) < 4.78 is 5.00. The summed E-state index contributed by atoms with van der Waals surface area (Å²) in [6, 6.07) is 22.9. The fraction of sp³-hybridized carbons (Fsp3) is 0.333. The number of quaternary nitrogens is 1. The number of methoxy groups -OCH3 is 1. The van der Waals surface area contributed by atoms with Crippen molar-refractivity contribution in [1.29, 1.82) is 0 Å². The molecule has 5 atom stereocenters. The van der Waals surface area contributed by atoms with Crippen LogP contribution in [0, 0.1) is 0 Å². The van der Waals surface area contributed by atoms with E-state index in [0.29, 0.717) is 31.6 Å². The molecule has 2 saturated heterocycles. The first-order valence-corrected chi connectivity index (χ1v) is 14.4. The summed E-state index contributed by atoms with van der Waals surface area (Å²) in [7, 11) is 1.33. The summed E-state index contributed by atoms with van der Waals surface area (Å²) in [5, 5.41) is 34.0. The zero-order valence-electron chi connectivity index (χ0n) is 24.3. The van der Waals surface area contributed by atoms with Crippen LogP contribution in [0.3, 0.4) is 0 Å². The summed E-state index contributed by atoms with van der Waals surface area (Å²) in [5.74, 6) is -0.446. The van der Waals surface area contributed by atoms with E-state index in [4.69, 9.17) is 9.84 Å². The highest BCUT2D eigenvalue weighted by Crippen LogP contribution is 2.37. The van der Waals surface area contributed by atoms with Crippen molar-refractivity contribution in [3.8, 4) is 5.75 Å². The molecule has 0 aliphatic carbocycles. The van der Waals surface area contributed by atoms with Gasteiger partial charge in [-0.2, -0.15) is 4.90 Å². The molecule has 0 radical (unpaired) electrons. The molecular weight excluding hydrogens is 548 g/mol. The minimum atomic E-state index is -1.02. The van der Waals surface area contributed by atoms with Crippen LogP contribution in [0.5, 0.6) is 5.75 Å². The molecular formula is C33H40N4O6+2. The van der Waals surface area contributed by atoms with Gasteiger partial charge < -0.3 is 25.0 Å². The first kappa shape index (κ1) is 30.4. The van der Waals surface area contributed by atoms with E-state index in [1.807, 2.05) is 41.3 Å². The second-order valence-electron chi connectivity index (χ2n) is 11.2. The number of amides is 1. The van der Waals surface area contributed by atoms with E-state index in [0.717, 1.165) is 16.7 Å². The van der Waals surface area contributed by atoms with E-state index in [9.17, 15) is 19.8 Å². The number of benzene rings is 3. The Morgan fingerprint density at radius 2 is 1.84 bits per heavy atom. The van der Waals surface area contributed by atoms with Gasteiger partial charge in [0.2, 0.25) is 5.91 Å². The number of phenols is 1. The van der Waals surface area contributed by atoms with Gasteiger partial charge in [0.15, 0.2) is 12.7 Å². The molecule has 2 heterocycles. The van der Waals surface area contributed by atoms with Gasteiger partial charge in [-0.05, 0) is 53.5 Å². The van der Waals surface area contributed by atoms with Gasteiger partial charge in [-0.3, -0.25) is 9.28 Å². The molecule has 43 heavy (non-hydrogen) atoms. The monoisotopic (exact) mass is 588 g/mol. The Labute approximate surface area is 251 Å². The quantitative estimate of drug-likeness (QED) is 0.103. The standard InChI is InChI=1S/C33H38N4O6/c1-3-16-37(33(42)34-19-24-8-5-4-6-9-24)22-30(39)36-28(18-23-12-14-27(38)15-13-23)31(40)35(21-29(36)37)20-25-10-7-11-26(17-25)32(41)43-2/h3-15,17,28-30,33-34,39,42H,1,16,18-22H2,2H3/p+2/t28-,29?,30?,33?,37?/m0/s1. The lowest BCUT2D eigenvalue weighted by atomic mass is 9.99. The topological polar surface area (TPSA) is 125 Å². The number of hydrogen-bond donors (Lipinski definition) is 3. The molecule has 226 valence electrons. The zero-order valence-corrected chi connectivity index (χ0v) is 24.3. The Bertz CT molecular complexity index is 1430. The second-order valence-corrected chi connectivity index (χ2v) is 11.2. The van der Waals surface area contributed by atoms with Crippen LogP contribution in [0.1, 0.15) is 27.0 Å². The average molecular weight is 589 g/mol. The lowest BCUT2D eigenvalue weighted by Crippen LogP contribution is -2.72. The van der Waals surface area contributed by atoms with Crippen LogP contribution in [0.2, 0.25) is 0 Å². The van der Waals surface area contributed by atoms with E-state index in [-0.39, 0.29) is 29.2 Å². The smallest absolute Gasteiger partial charge is 0.337 e. The number of nitrogens with one attached hydrogen (secondary N) is 1. The first-order valence-electron chi connectivity index (χ1n) is 14.4. The number of aliphatic hydroxyl groups is 1. The maximum Gasteiger partial charge on any atom is 0.337 e. The number of carbonyl (C=O) groups is 2. The molecule has 0 aromatic heterocycles. The Hall–Kier alpha value is -4.06. The van der Waals surface area contributed by atoms with Crippen molar-refractivity contribution in [2.24, 2.45) is 0 Å². The molecule has 10 nitrogen and oxygen atoms in total. The number of rotatable bonds is 11. The minimum Gasteiger partial charge on any atom is -0.508 e. The number of ether oxygens (including phenoxy) is 1. The van der Waals surface area contributed by atoms with Gasteiger partial charge in [0.25, 0.3) is 12.6 Å². The Morgan fingerprint density at radius 1 is 1.12 bits per heavy atom. The Morgan fingerprint density at radius 3 is 2.53 bits per heavy atom. The van der Waals surface area contributed by atoms with Gasteiger partial charge in [0, 0.05) is 13.1 Å². The fourth-order valence-corrected chi connectivity index (χ4v) is 6.43. The van der Waals surface area contributed by atoms with Gasteiger partial charge in [-0.1, -0.05) is 61.2 Å². The highest BCUT2D eigenvalue weighted by Gasteiger charge is 2.63. The van der Waals surface area contributed by atoms with Gasteiger partial charge in [0.05, 0.1) is 19.2 Å². The third-order valence-electron chi connectivity index (χ3n) is 8.53. The van der Waals surface area contributed by atoms with E-state index < -0.39 is 30.8 Å². The molecule has 2 aliphatic heterocycles. The number of esters is 1. The zero-order chi connectivity index (χ0) is 30.6. The molecule has 0 saturated carbocycles. The average Bonchev–Trinajstić information content (AvgIpc) is 3.30. The van der Waals surface area contributed by atoms with Crippen molar-refractivity contribution in [3.05, 3.63) is 114 Å². The SMILES string of the molecule is C=CC[N+]1(C(O)NCc2ccccc2)CC([OH2+])N2C1CN(Cc1cccc(C(=O)OC)c1)C(=O)[C@@H]2Cc1ccc(O)cc1. The number of piperazine rings is 1. The number of aromatic hydroxyl groups is 1. The van der Waals surface area contributed by atoms with Crippen LogP contribution in [0.4, 0.5) is 0 Å². The van der Waals surface area contributed by atoms with Crippen molar-refractivity contribution < 1.29 is 34.1 Å². The first-order chi connectivity index (χ1) is 20.8. The molecule has 5 rings (SSSR count). The number of phenolic OH excluding ortho intramolecular Hbond substituents is 1. The van der Waals surface area contributed by atoms with Crippen molar-refractivity contribution in [1.82, 2.24) is 15.1 Å². The van der Waals surface area contributed by atoms with E-state index in [2.05, 4.69) is 11.9 Å². The number of hydrogen-bond acceptors (Lipinski definition) is 7. The van der Waals surface area contributed by atoms with E-state index in [1.165, 1.54) is 7.11 Å². The Kier molecular flexibility index (Phi) is 9.24. The number of fused-ring (bicyclic) bond motifs is 1. The number of carbonyl (C=O) groups excluding carboxylic acids is 2. The molecule has 3 aromatic rings. The molecule has 10 heteroatoms. The maximum absolute atomic E-state index is 14.2. The highest BCUT2D eigenvalue weighted by atomic mass is 16.5. The second kappa shape index (κ2) is 13.1. The third-order valence-corrected chi connectivity index (χ3v) is 8.53. The molecule has 2 aliphatic rings. The van der Waals surface area contributed by atoms with Crippen molar-refractivity contribution in [2.75, 3.05) is 26.7 Å². The predicted octanol–water partition coefficient (Wildman–Crippen LogP) is 1.89. The Balaban J connectivity index is 1.49. The largest absolute Gasteiger partial charge is 0.508 e. The van der Waals surface area contributed by atoms with Gasteiger partial charge >= 0.3 is 5.97 Å². The van der Waals surface area contributed by atoms with Crippen LogP contribution >= 0.6 is 0 Å². The van der Waals surface area contributed by atoms with Crippen LogP contribution < -0.4 is 5.32 Å². The summed E-state index contributed by atoms with van der Waals surface area (Å²) in [6.45, 7) is 5.64. The van der Waals surface area contributed by atoms with Crippen molar-refractivity contribution in [3.63, 3.8) is 0 Å². The summed E-state index contributed by atoms with van der Waals surface area (Å²) in [4.78, 5) is 30.1. The molecule has 5 N–H and O–H groups in total. The highest BCUT2D eigenvalue weighted by molar-refractivity contribution is 5.89. The molecule has 4 unspecified atom stereocenters. The normalized spacial score (nSPS) is 24.4. The van der Waals surface area contributed by atoms with Crippen LogP contribution in [-0.4, -0.2) is 93.0 Å². The lowest BCUT2D eigenvalue weighted by Gasteiger charge is -2.48. The van der Waals surface area contributed by atoms with E-state index in [1.54, 1.807) is 53.4 Å². The van der Waals surface area contributed by atoms with Crippen LogP contribution in [-0.2, 0) is 29.0 Å². The number of nitrogens with zero attached hydrogens (tertiary/aromatic N) is 3. The minimum absolute atomic E-state index is 0.114. The molecule has 1 amide bonds. The van der Waals surface area contributed by atoms with Crippen LogP contribution in [0.15, 0.2) is 91.5 Å². The van der Waals surface area contributed by atoms with Gasteiger partial charge in [-0.15, -0.1) is 0 Å². The maximum atomic E-state index is 14.2. The summed E-state index contributed by atoms with van der Waals surface area (Å²) >= 11 is 0. The summed E-state index contributed by atoms with van der Waals surface area (Å²) in [6.07, 6.45) is -0.0608. The molecule has 2 fully saturated rings.